The molecule has 1 amide bonds. The minimum Gasteiger partial charge on any atom is -0.456 e. The zero-order valence-corrected chi connectivity index (χ0v) is 12.8. The lowest BCUT2D eigenvalue weighted by Crippen LogP contribution is -2.19. The van der Waals surface area contributed by atoms with Gasteiger partial charge in [-0.15, -0.1) is 0 Å². The number of benzene rings is 2. The summed E-state index contributed by atoms with van der Waals surface area (Å²) in [6, 6.07) is 6.74. The topological polar surface area (TPSA) is 64.4 Å². The van der Waals surface area contributed by atoms with Crippen molar-refractivity contribution in [3.8, 4) is 11.5 Å². The van der Waals surface area contributed by atoms with Gasteiger partial charge in [-0.2, -0.15) is 0 Å². The third-order valence-electron chi connectivity index (χ3n) is 3.10. The number of nitrogens with one attached hydrogen (secondary N) is 1. The van der Waals surface area contributed by atoms with Crippen molar-refractivity contribution in [3.63, 3.8) is 0 Å². The van der Waals surface area contributed by atoms with Gasteiger partial charge < -0.3 is 15.8 Å². The van der Waals surface area contributed by atoms with Crippen molar-refractivity contribution in [3.05, 3.63) is 51.2 Å². The first-order chi connectivity index (χ1) is 9.95. The Labute approximate surface area is 133 Å². The fraction of sp³-hybridized carbons (Fsp3) is 0.0714. The standard InChI is InChI=1S/C14H9BrClFN2O2/c15-8-4-7-11(19-14(20)13(7)18)5-12(8)21-6-1-2-10(17)9(16)3-6/h1-5,13H,18H2,(H,19,20). The van der Waals surface area contributed by atoms with E-state index in [1.54, 1.807) is 12.1 Å². The van der Waals surface area contributed by atoms with Gasteiger partial charge in [0.2, 0.25) is 5.91 Å². The molecule has 0 radical (unpaired) electrons. The van der Waals surface area contributed by atoms with E-state index in [4.69, 9.17) is 22.1 Å². The normalized spacial score (nSPS) is 16.6. The molecule has 108 valence electrons. The van der Waals surface area contributed by atoms with Gasteiger partial charge >= 0.3 is 0 Å². The first-order valence-corrected chi connectivity index (χ1v) is 7.15. The van der Waals surface area contributed by atoms with Crippen LogP contribution in [0.5, 0.6) is 11.5 Å². The molecule has 3 N–H and O–H groups in total. The van der Waals surface area contributed by atoms with Crippen LogP contribution in [0.2, 0.25) is 5.02 Å². The molecule has 7 heteroatoms. The predicted octanol–water partition coefficient (Wildman–Crippen LogP) is 3.99. The van der Waals surface area contributed by atoms with Crippen LogP contribution in [0.4, 0.5) is 10.1 Å². The Morgan fingerprint density at radius 3 is 2.81 bits per heavy atom. The lowest BCUT2D eigenvalue weighted by molar-refractivity contribution is -0.116. The largest absolute Gasteiger partial charge is 0.456 e. The van der Waals surface area contributed by atoms with E-state index < -0.39 is 11.9 Å². The molecule has 21 heavy (non-hydrogen) atoms. The summed E-state index contributed by atoms with van der Waals surface area (Å²) < 4.78 is 19.4. The number of rotatable bonds is 2. The molecule has 0 spiro atoms. The minimum absolute atomic E-state index is 0.0277. The van der Waals surface area contributed by atoms with Gasteiger partial charge in [0.05, 0.1) is 9.50 Å². The van der Waals surface area contributed by atoms with Crippen molar-refractivity contribution < 1.29 is 13.9 Å². The monoisotopic (exact) mass is 370 g/mol. The second kappa shape index (κ2) is 5.29. The van der Waals surface area contributed by atoms with Crippen LogP contribution in [0, 0.1) is 5.82 Å². The lowest BCUT2D eigenvalue weighted by Gasteiger charge is -2.11. The molecule has 1 aliphatic rings. The van der Waals surface area contributed by atoms with Crippen LogP contribution in [0.1, 0.15) is 11.6 Å². The molecule has 2 aromatic carbocycles. The molecule has 1 atom stereocenters. The van der Waals surface area contributed by atoms with Crippen molar-refractivity contribution in [1.29, 1.82) is 0 Å². The highest BCUT2D eigenvalue weighted by molar-refractivity contribution is 9.10. The Morgan fingerprint density at radius 2 is 2.10 bits per heavy atom. The number of halogens is 3. The van der Waals surface area contributed by atoms with Crippen LogP contribution < -0.4 is 15.8 Å². The van der Waals surface area contributed by atoms with Crippen LogP contribution >= 0.6 is 27.5 Å². The Morgan fingerprint density at radius 1 is 1.33 bits per heavy atom. The second-order valence-electron chi connectivity index (χ2n) is 4.51. The maximum atomic E-state index is 13.1. The number of carbonyl (C=O) groups is 1. The van der Waals surface area contributed by atoms with Crippen LogP contribution in [-0.4, -0.2) is 5.91 Å². The molecule has 1 unspecified atom stereocenters. The van der Waals surface area contributed by atoms with Crippen LogP contribution in [0.25, 0.3) is 0 Å². The zero-order chi connectivity index (χ0) is 15.1. The second-order valence-corrected chi connectivity index (χ2v) is 5.78. The summed E-state index contributed by atoms with van der Waals surface area (Å²) in [7, 11) is 0. The first-order valence-electron chi connectivity index (χ1n) is 5.98. The fourth-order valence-corrected chi connectivity index (χ4v) is 2.64. The quantitative estimate of drug-likeness (QED) is 0.839. The lowest BCUT2D eigenvalue weighted by atomic mass is 10.1. The molecular weight excluding hydrogens is 363 g/mol. The average Bonchev–Trinajstić information content (AvgIpc) is 2.70. The Hall–Kier alpha value is -1.63. The van der Waals surface area contributed by atoms with E-state index in [-0.39, 0.29) is 10.9 Å². The molecular formula is C14H9BrClFN2O2. The van der Waals surface area contributed by atoms with E-state index in [9.17, 15) is 9.18 Å². The first kappa shape index (κ1) is 14.3. The number of fused-ring (bicyclic) bond motifs is 1. The van der Waals surface area contributed by atoms with Gasteiger partial charge in [-0.25, -0.2) is 4.39 Å². The highest BCUT2D eigenvalue weighted by Crippen LogP contribution is 2.39. The number of amides is 1. The van der Waals surface area contributed by atoms with Gasteiger partial charge in [0, 0.05) is 23.4 Å². The number of hydrogen-bond donors (Lipinski definition) is 2. The smallest absolute Gasteiger partial charge is 0.245 e. The molecule has 0 saturated heterocycles. The third-order valence-corrected chi connectivity index (χ3v) is 4.01. The molecule has 1 heterocycles. The number of nitrogens with two attached hydrogens (primary N) is 1. The Balaban J connectivity index is 1.95. The Kier molecular flexibility index (Phi) is 3.61. The fourth-order valence-electron chi connectivity index (χ4n) is 2.03. The number of hydrogen-bond acceptors (Lipinski definition) is 3. The van der Waals surface area contributed by atoms with E-state index >= 15 is 0 Å². The SMILES string of the molecule is NC1C(=O)Nc2cc(Oc3ccc(F)c(Cl)c3)c(Br)cc21. The number of ether oxygens (including phenoxy) is 1. The minimum atomic E-state index is -0.689. The molecule has 0 fully saturated rings. The predicted molar refractivity (Wildman–Crippen MR) is 81.2 cm³/mol. The van der Waals surface area contributed by atoms with Gasteiger partial charge in [-0.1, -0.05) is 11.6 Å². The van der Waals surface area contributed by atoms with E-state index in [0.717, 1.165) is 0 Å². The maximum Gasteiger partial charge on any atom is 0.245 e. The summed E-state index contributed by atoms with van der Waals surface area (Å²) in [4.78, 5) is 11.5. The van der Waals surface area contributed by atoms with Gasteiger partial charge in [0.15, 0.2) is 0 Å². The highest BCUT2D eigenvalue weighted by atomic mass is 79.9. The summed E-state index contributed by atoms with van der Waals surface area (Å²) in [6.07, 6.45) is 0. The van der Waals surface area contributed by atoms with E-state index in [2.05, 4.69) is 21.2 Å². The molecule has 0 aromatic heterocycles. The van der Waals surface area contributed by atoms with Gasteiger partial charge in [0.1, 0.15) is 23.4 Å². The van der Waals surface area contributed by atoms with E-state index in [0.29, 0.717) is 27.2 Å². The van der Waals surface area contributed by atoms with Crippen LogP contribution in [-0.2, 0) is 4.79 Å². The summed E-state index contributed by atoms with van der Waals surface area (Å²) in [5.41, 5.74) is 7.05. The average molecular weight is 372 g/mol. The van der Waals surface area contributed by atoms with Gasteiger partial charge in [-0.05, 0) is 34.1 Å². The van der Waals surface area contributed by atoms with Crippen molar-refractivity contribution in [1.82, 2.24) is 0 Å². The summed E-state index contributed by atoms with van der Waals surface area (Å²) >= 11 is 9.07. The highest BCUT2D eigenvalue weighted by Gasteiger charge is 2.28. The van der Waals surface area contributed by atoms with Crippen molar-refractivity contribution in [2.75, 3.05) is 5.32 Å². The summed E-state index contributed by atoms with van der Waals surface area (Å²) in [6.45, 7) is 0. The number of carbonyl (C=O) groups excluding carboxylic acids is 1. The summed E-state index contributed by atoms with van der Waals surface area (Å²) in [5.74, 6) is 0.0654. The van der Waals surface area contributed by atoms with Crippen molar-refractivity contribution in [2.24, 2.45) is 5.73 Å². The maximum absolute atomic E-state index is 13.1. The molecule has 0 aliphatic carbocycles. The van der Waals surface area contributed by atoms with Crippen LogP contribution in [0.3, 0.4) is 0 Å². The molecule has 0 bridgehead atoms. The molecule has 3 rings (SSSR count). The van der Waals surface area contributed by atoms with Gasteiger partial charge in [-0.3, -0.25) is 4.79 Å². The third kappa shape index (κ3) is 2.62. The van der Waals surface area contributed by atoms with Gasteiger partial charge in [0.25, 0.3) is 0 Å². The Bertz CT molecular complexity index is 754. The molecule has 4 nitrogen and oxygen atoms in total. The van der Waals surface area contributed by atoms with Crippen molar-refractivity contribution >= 4 is 39.1 Å². The van der Waals surface area contributed by atoms with Crippen LogP contribution in [0.15, 0.2) is 34.8 Å². The zero-order valence-electron chi connectivity index (χ0n) is 10.5. The van der Waals surface area contributed by atoms with E-state index in [1.165, 1.54) is 18.2 Å². The summed E-state index contributed by atoms with van der Waals surface area (Å²) in [5, 5.41) is 2.64. The molecule has 1 aliphatic heterocycles. The molecule has 0 saturated carbocycles. The van der Waals surface area contributed by atoms with E-state index in [1.807, 2.05) is 0 Å². The van der Waals surface area contributed by atoms with Crippen molar-refractivity contribution in [2.45, 2.75) is 6.04 Å². The molecule has 2 aromatic rings. The number of anilines is 1.